The van der Waals surface area contributed by atoms with Gasteiger partial charge in [0.25, 0.3) is 0 Å². The lowest BCUT2D eigenvalue weighted by Gasteiger charge is -2.18. The van der Waals surface area contributed by atoms with Gasteiger partial charge in [0.15, 0.2) is 0 Å². The van der Waals surface area contributed by atoms with E-state index in [0.717, 1.165) is 22.0 Å². The maximum Gasteiger partial charge on any atom is 0.0551 e. The van der Waals surface area contributed by atoms with Crippen molar-refractivity contribution in [1.82, 2.24) is 5.32 Å². The molecule has 94 valence electrons. The minimum absolute atomic E-state index is 0.450. The Balaban J connectivity index is 2.03. The van der Waals surface area contributed by atoms with Crippen LogP contribution in [0, 0.1) is 5.92 Å². The number of rotatable bonds is 6. The van der Waals surface area contributed by atoms with Crippen LogP contribution >= 0.6 is 27.5 Å². The summed E-state index contributed by atoms with van der Waals surface area (Å²) < 4.78 is 0.973. The maximum atomic E-state index is 6.16. The number of hydrogen-bond acceptors (Lipinski definition) is 1. The average Bonchev–Trinajstić information content (AvgIpc) is 3.12. The van der Waals surface area contributed by atoms with E-state index in [4.69, 9.17) is 11.6 Å². The van der Waals surface area contributed by atoms with Crippen molar-refractivity contribution in [2.24, 2.45) is 5.92 Å². The van der Waals surface area contributed by atoms with Gasteiger partial charge in [0.2, 0.25) is 0 Å². The third kappa shape index (κ3) is 3.97. The zero-order valence-electron chi connectivity index (χ0n) is 10.2. The number of hydrogen-bond donors (Lipinski definition) is 1. The Labute approximate surface area is 117 Å². The van der Waals surface area contributed by atoms with Gasteiger partial charge in [-0.25, -0.2) is 0 Å². The van der Waals surface area contributed by atoms with E-state index in [1.54, 1.807) is 0 Å². The molecular formula is C14H19BrClN. The molecule has 0 bridgehead atoms. The van der Waals surface area contributed by atoms with Crippen LogP contribution < -0.4 is 5.32 Å². The van der Waals surface area contributed by atoms with E-state index in [0.29, 0.717) is 6.04 Å². The topological polar surface area (TPSA) is 12.0 Å². The van der Waals surface area contributed by atoms with Gasteiger partial charge in [0.1, 0.15) is 0 Å². The normalized spacial score (nSPS) is 17.1. The van der Waals surface area contributed by atoms with Crippen LogP contribution in [0.5, 0.6) is 0 Å². The molecule has 0 radical (unpaired) electrons. The third-order valence-corrected chi connectivity index (χ3v) is 4.59. The first-order valence-corrected chi connectivity index (χ1v) is 7.56. The van der Waals surface area contributed by atoms with E-state index in [1.807, 2.05) is 6.07 Å². The molecule has 0 amide bonds. The fourth-order valence-electron chi connectivity index (χ4n) is 2.17. The van der Waals surface area contributed by atoms with Crippen molar-refractivity contribution in [3.05, 3.63) is 33.3 Å². The Morgan fingerprint density at radius 3 is 2.82 bits per heavy atom. The van der Waals surface area contributed by atoms with Crippen LogP contribution in [-0.4, -0.2) is 6.54 Å². The molecule has 1 atom stereocenters. The molecule has 1 saturated carbocycles. The Morgan fingerprint density at radius 1 is 1.47 bits per heavy atom. The smallest absolute Gasteiger partial charge is 0.0551 e. The van der Waals surface area contributed by atoms with E-state index >= 15 is 0 Å². The lowest BCUT2D eigenvalue weighted by molar-refractivity contribution is 0.481. The zero-order chi connectivity index (χ0) is 12.3. The lowest BCUT2D eigenvalue weighted by Crippen LogP contribution is -2.21. The summed E-state index contributed by atoms with van der Waals surface area (Å²) in [6.07, 6.45) is 5.42. The molecule has 1 nitrogen and oxygen atoms in total. The molecule has 1 fully saturated rings. The van der Waals surface area contributed by atoms with Crippen molar-refractivity contribution in [3.63, 3.8) is 0 Å². The van der Waals surface area contributed by atoms with Gasteiger partial charge in [-0.1, -0.05) is 37.4 Å². The predicted molar refractivity (Wildman–Crippen MR) is 77.5 cm³/mol. The van der Waals surface area contributed by atoms with Crippen LogP contribution in [0.1, 0.15) is 44.2 Å². The molecule has 0 aromatic heterocycles. The van der Waals surface area contributed by atoms with Crippen molar-refractivity contribution in [2.75, 3.05) is 6.54 Å². The highest BCUT2D eigenvalue weighted by atomic mass is 79.9. The quantitative estimate of drug-likeness (QED) is 0.783. The molecule has 1 N–H and O–H groups in total. The monoisotopic (exact) mass is 315 g/mol. The van der Waals surface area contributed by atoms with E-state index in [9.17, 15) is 0 Å². The number of halogens is 2. The van der Waals surface area contributed by atoms with Crippen LogP contribution in [0.4, 0.5) is 0 Å². The summed E-state index contributed by atoms with van der Waals surface area (Å²) in [5.41, 5.74) is 1.31. The number of benzene rings is 1. The molecule has 2 rings (SSSR count). The second-order valence-electron chi connectivity index (χ2n) is 4.80. The molecule has 1 aliphatic rings. The molecule has 0 saturated heterocycles. The van der Waals surface area contributed by atoms with Crippen LogP contribution in [0.25, 0.3) is 0 Å². The van der Waals surface area contributed by atoms with Gasteiger partial charge in [-0.15, -0.1) is 0 Å². The summed E-state index contributed by atoms with van der Waals surface area (Å²) in [5, 5.41) is 4.36. The predicted octanol–water partition coefficient (Wildman–Crippen LogP) is 4.94. The van der Waals surface area contributed by atoms with Crippen molar-refractivity contribution in [2.45, 2.75) is 38.6 Å². The summed E-state index contributed by atoms with van der Waals surface area (Å²) in [6.45, 7) is 3.16. The summed E-state index contributed by atoms with van der Waals surface area (Å²) in [4.78, 5) is 0. The van der Waals surface area contributed by atoms with Gasteiger partial charge < -0.3 is 5.32 Å². The Kier molecular flexibility index (Phi) is 4.89. The molecule has 0 heterocycles. The zero-order valence-corrected chi connectivity index (χ0v) is 12.5. The standard InChI is InChI=1S/C14H19BrClN/c1-2-17-14(8-5-10-3-4-10)11-6-7-12(15)13(16)9-11/h6-7,9-10,14,17H,2-5,8H2,1H3. The molecule has 17 heavy (non-hydrogen) atoms. The molecule has 1 unspecified atom stereocenters. The van der Waals surface area contributed by atoms with E-state index in [-0.39, 0.29) is 0 Å². The molecule has 1 aromatic rings. The minimum Gasteiger partial charge on any atom is -0.310 e. The summed E-state index contributed by atoms with van der Waals surface area (Å²) in [6, 6.07) is 6.73. The highest BCUT2D eigenvalue weighted by Gasteiger charge is 2.23. The molecular weight excluding hydrogens is 298 g/mol. The van der Waals surface area contributed by atoms with E-state index in [1.165, 1.54) is 31.2 Å². The van der Waals surface area contributed by atoms with Crippen molar-refractivity contribution in [3.8, 4) is 0 Å². The van der Waals surface area contributed by atoms with Gasteiger partial charge in [-0.3, -0.25) is 0 Å². The second kappa shape index (κ2) is 6.21. The van der Waals surface area contributed by atoms with Gasteiger partial charge in [0.05, 0.1) is 5.02 Å². The molecule has 1 aromatic carbocycles. The Hall–Kier alpha value is -0.0500. The van der Waals surface area contributed by atoms with Crippen LogP contribution in [0.3, 0.4) is 0 Å². The molecule has 3 heteroatoms. The highest BCUT2D eigenvalue weighted by molar-refractivity contribution is 9.10. The largest absolute Gasteiger partial charge is 0.310 e. The summed E-state index contributed by atoms with van der Waals surface area (Å²) >= 11 is 9.60. The lowest BCUT2D eigenvalue weighted by atomic mass is 10.0. The van der Waals surface area contributed by atoms with E-state index < -0.39 is 0 Å². The van der Waals surface area contributed by atoms with Crippen molar-refractivity contribution < 1.29 is 0 Å². The maximum absolute atomic E-state index is 6.16. The van der Waals surface area contributed by atoms with Crippen molar-refractivity contribution >= 4 is 27.5 Å². The minimum atomic E-state index is 0.450. The van der Waals surface area contributed by atoms with Gasteiger partial charge in [-0.2, -0.15) is 0 Å². The van der Waals surface area contributed by atoms with Gasteiger partial charge in [0, 0.05) is 10.5 Å². The second-order valence-corrected chi connectivity index (χ2v) is 6.07. The first kappa shape index (κ1) is 13.4. The highest BCUT2D eigenvalue weighted by Crippen LogP contribution is 2.36. The van der Waals surface area contributed by atoms with Crippen LogP contribution in [0.2, 0.25) is 5.02 Å². The summed E-state index contributed by atoms with van der Waals surface area (Å²) in [7, 11) is 0. The molecule has 0 aliphatic heterocycles. The fraction of sp³-hybridized carbons (Fsp3) is 0.571. The average molecular weight is 317 g/mol. The molecule has 1 aliphatic carbocycles. The van der Waals surface area contributed by atoms with Gasteiger partial charge >= 0.3 is 0 Å². The fourth-order valence-corrected chi connectivity index (χ4v) is 2.61. The first-order chi connectivity index (χ1) is 8.20. The SMILES string of the molecule is CCNC(CCC1CC1)c1ccc(Br)c(Cl)c1. The van der Waals surface area contributed by atoms with Crippen LogP contribution in [0.15, 0.2) is 22.7 Å². The van der Waals surface area contributed by atoms with E-state index in [2.05, 4.69) is 40.3 Å². The number of nitrogens with one attached hydrogen (secondary N) is 1. The van der Waals surface area contributed by atoms with Crippen LogP contribution in [-0.2, 0) is 0 Å². The first-order valence-electron chi connectivity index (χ1n) is 6.39. The van der Waals surface area contributed by atoms with Gasteiger partial charge in [-0.05, 0) is 58.9 Å². The Bertz CT molecular complexity index is 376. The molecule has 0 spiro atoms. The Morgan fingerprint density at radius 2 is 2.24 bits per heavy atom. The van der Waals surface area contributed by atoms with Crippen molar-refractivity contribution in [1.29, 1.82) is 0 Å². The third-order valence-electron chi connectivity index (χ3n) is 3.36. The summed E-state index contributed by atoms with van der Waals surface area (Å²) in [5.74, 6) is 0.988.